The Balaban J connectivity index is 1.96. The van der Waals surface area contributed by atoms with Gasteiger partial charge in [-0.15, -0.1) is 0 Å². The Morgan fingerprint density at radius 1 is 1.32 bits per heavy atom. The molecule has 1 fully saturated rings. The van der Waals surface area contributed by atoms with Crippen molar-refractivity contribution in [2.24, 2.45) is 5.41 Å². The van der Waals surface area contributed by atoms with Crippen LogP contribution in [0.4, 0.5) is 11.6 Å². The minimum atomic E-state index is -0.465. The summed E-state index contributed by atoms with van der Waals surface area (Å²) in [5.41, 5.74) is 0.251. The van der Waals surface area contributed by atoms with Gasteiger partial charge in [0.15, 0.2) is 5.65 Å². The number of rotatable bonds is 2. The van der Waals surface area contributed by atoms with Gasteiger partial charge in [-0.1, -0.05) is 20.8 Å². The molecule has 1 aliphatic heterocycles. The minimum absolute atomic E-state index is 0.0585. The number of carbonyl (C=O) groups is 1. The number of nitrogens with one attached hydrogen (secondary N) is 1. The number of amides is 1. The number of anilines is 2. The van der Waals surface area contributed by atoms with Gasteiger partial charge in [0, 0.05) is 30.6 Å². The number of carbonyl (C=O) groups excluding carboxylic acids is 1. The van der Waals surface area contributed by atoms with Gasteiger partial charge in [-0.2, -0.15) is 9.61 Å². The van der Waals surface area contributed by atoms with E-state index in [-0.39, 0.29) is 5.91 Å². The molecular weight excluding hydrogens is 282 g/mol. The second kappa shape index (κ2) is 5.57. The lowest BCUT2D eigenvalue weighted by atomic mass is 9.96. The van der Waals surface area contributed by atoms with Crippen molar-refractivity contribution in [3.05, 3.63) is 18.3 Å². The van der Waals surface area contributed by atoms with Gasteiger partial charge in [0.25, 0.3) is 0 Å². The summed E-state index contributed by atoms with van der Waals surface area (Å²) in [7, 11) is 0. The molecule has 118 valence electrons. The molecule has 22 heavy (non-hydrogen) atoms. The molecule has 0 saturated carbocycles. The van der Waals surface area contributed by atoms with Crippen LogP contribution in [-0.4, -0.2) is 46.8 Å². The van der Waals surface area contributed by atoms with Crippen LogP contribution in [0.5, 0.6) is 0 Å². The SMILES string of the molecule is CC(C)(C)C(=O)Nc1cc(N2CCOCC2)n2nccc2n1. The molecule has 0 unspecified atom stereocenters. The monoisotopic (exact) mass is 303 g/mol. The highest BCUT2D eigenvalue weighted by atomic mass is 16.5. The maximum atomic E-state index is 12.2. The first-order chi connectivity index (χ1) is 10.4. The third-order valence-corrected chi connectivity index (χ3v) is 3.60. The molecule has 1 aliphatic rings. The van der Waals surface area contributed by atoms with Crippen LogP contribution in [0.15, 0.2) is 18.3 Å². The van der Waals surface area contributed by atoms with Crippen LogP contribution in [0.2, 0.25) is 0 Å². The Morgan fingerprint density at radius 2 is 2.05 bits per heavy atom. The van der Waals surface area contributed by atoms with Crippen molar-refractivity contribution in [2.45, 2.75) is 20.8 Å². The fraction of sp³-hybridized carbons (Fsp3) is 0.533. The fourth-order valence-corrected chi connectivity index (χ4v) is 2.28. The number of fused-ring (bicyclic) bond motifs is 1. The van der Waals surface area contributed by atoms with Crippen molar-refractivity contribution in [2.75, 3.05) is 36.5 Å². The van der Waals surface area contributed by atoms with E-state index in [1.54, 1.807) is 10.7 Å². The summed E-state index contributed by atoms with van der Waals surface area (Å²) in [6.45, 7) is 8.61. The fourth-order valence-electron chi connectivity index (χ4n) is 2.28. The quantitative estimate of drug-likeness (QED) is 0.911. The molecule has 1 saturated heterocycles. The molecule has 0 spiro atoms. The molecule has 2 aromatic rings. The van der Waals surface area contributed by atoms with E-state index < -0.39 is 5.41 Å². The summed E-state index contributed by atoms with van der Waals surface area (Å²) in [5, 5.41) is 7.22. The number of ether oxygens (including phenoxy) is 1. The van der Waals surface area contributed by atoms with E-state index in [1.807, 2.05) is 32.9 Å². The van der Waals surface area contributed by atoms with E-state index in [1.165, 1.54) is 0 Å². The van der Waals surface area contributed by atoms with Gasteiger partial charge in [0.2, 0.25) is 5.91 Å². The number of hydrogen-bond acceptors (Lipinski definition) is 5. The van der Waals surface area contributed by atoms with Crippen LogP contribution in [0, 0.1) is 5.41 Å². The summed E-state index contributed by atoms with van der Waals surface area (Å²) in [4.78, 5) is 18.8. The van der Waals surface area contributed by atoms with Crippen molar-refractivity contribution in [1.29, 1.82) is 0 Å². The number of aromatic nitrogens is 3. The standard InChI is InChI=1S/C15H21N5O2/c1-15(2,3)14(21)18-11-10-13(19-6-8-22-9-7-19)20-12(17-11)4-5-16-20/h4-5,10H,6-9H2,1-3H3,(H,17,18,21). The van der Waals surface area contributed by atoms with E-state index in [2.05, 4.69) is 20.3 Å². The van der Waals surface area contributed by atoms with Crippen molar-refractivity contribution in [3.63, 3.8) is 0 Å². The van der Waals surface area contributed by atoms with Gasteiger partial charge >= 0.3 is 0 Å². The highest BCUT2D eigenvalue weighted by molar-refractivity contribution is 5.94. The number of morpholine rings is 1. The van der Waals surface area contributed by atoms with E-state index in [9.17, 15) is 4.79 Å². The number of hydrogen-bond donors (Lipinski definition) is 1. The highest BCUT2D eigenvalue weighted by Gasteiger charge is 2.23. The van der Waals surface area contributed by atoms with Crippen molar-refractivity contribution in [3.8, 4) is 0 Å². The van der Waals surface area contributed by atoms with E-state index >= 15 is 0 Å². The lowest BCUT2D eigenvalue weighted by Gasteiger charge is -2.29. The van der Waals surface area contributed by atoms with Gasteiger partial charge in [0.1, 0.15) is 11.6 Å². The van der Waals surface area contributed by atoms with Crippen molar-refractivity contribution < 1.29 is 9.53 Å². The van der Waals surface area contributed by atoms with E-state index in [0.29, 0.717) is 24.7 Å². The lowest BCUT2D eigenvalue weighted by molar-refractivity contribution is -0.123. The zero-order valence-electron chi connectivity index (χ0n) is 13.2. The van der Waals surface area contributed by atoms with Gasteiger partial charge in [-0.25, -0.2) is 4.98 Å². The average molecular weight is 303 g/mol. The minimum Gasteiger partial charge on any atom is -0.378 e. The number of nitrogens with zero attached hydrogens (tertiary/aromatic N) is 4. The van der Waals surface area contributed by atoms with Crippen LogP contribution < -0.4 is 10.2 Å². The Kier molecular flexibility index (Phi) is 3.74. The Bertz CT molecular complexity index is 683. The lowest BCUT2D eigenvalue weighted by Crippen LogP contribution is -2.37. The van der Waals surface area contributed by atoms with Crippen molar-refractivity contribution in [1.82, 2.24) is 14.6 Å². The van der Waals surface area contributed by atoms with Crippen molar-refractivity contribution >= 4 is 23.2 Å². The maximum Gasteiger partial charge on any atom is 0.230 e. The summed E-state index contributed by atoms with van der Waals surface area (Å²) < 4.78 is 7.19. The Morgan fingerprint density at radius 3 is 2.73 bits per heavy atom. The molecule has 7 heteroatoms. The van der Waals surface area contributed by atoms with Crippen LogP contribution in [0.3, 0.4) is 0 Å². The van der Waals surface area contributed by atoms with Gasteiger partial charge in [-0.3, -0.25) is 4.79 Å². The second-order valence-corrected chi connectivity index (χ2v) is 6.40. The smallest absolute Gasteiger partial charge is 0.230 e. The molecule has 2 aromatic heterocycles. The summed E-state index contributed by atoms with van der Waals surface area (Å²) in [5.74, 6) is 1.41. The van der Waals surface area contributed by atoms with Gasteiger partial charge in [-0.05, 0) is 0 Å². The third kappa shape index (κ3) is 2.89. The molecule has 0 radical (unpaired) electrons. The molecular formula is C15H21N5O2. The topological polar surface area (TPSA) is 71.8 Å². The Labute approximate surface area is 129 Å². The first kappa shape index (κ1) is 14.8. The van der Waals surface area contributed by atoms with Gasteiger partial charge in [0.05, 0.1) is 19.4 Å². The normalized spacial score (nSPS) is 16.0. The molecule has 3 rings (SSSR count). The summed E-state index contributed by atoms with van der Waals surface area (Å²) >= 11 is 0. The molecule has 0 bridgehead atoms. The second-order valence-electron chi connectivity index (χ2n) is 6.40. The van der Waals surface area contributed by atoms with E-state index in [4.69, 9.17) is 4.74 Å². The Hall–Kier alpha value is -2.15. The molecule has 1 N–H and O–H groups in total. The molecule has 3 heterocycles. The molecule has 1 amide bonds. The summed E-state index contributed by atoms with van der Waals surface area (Å²) in [6.07, 6.45) is 1.71. The maximum absolute atomic E-state index is 12.2. The van der Waals surface area contributed by atoms with E-state index in [0.717, 1.165) is 18.9 Å². The molecule has 0 atom stereocenters. The molecule has 0 aromatic carbocycles. The zero-order chi connectivity index (χ0) is 15.7. The largest absolute Gasteiger partial charge is 0.378 e. The predicted octanol–water partition coefficient (Wildman–Crippen LogP) is 1.55. The third-order valence-electron chi connectivity index (χ3n) is 3.60. The molecule has 7 nitrogen and oxygen atoms in total. The van der Waals surface area contributed by atoms with Gasteiger partial charge < -0.3 is 15.0 Å². The first-order valence-corrected chi connectivity index (χ1v) is 7.44. The van der Waals surface area contributed by atoms with Crippen LogP contribution in [0.25, 0.3) is 5.65 Å². The summed E-state index contributed by atoms with van der Waals surface area (Å²) in [6, 6.07) is 3.70. The predicted molar refractivity (Wildman–Crippen MR) is 84.1 cm³/mol. The highest BCUT2D eigenvalue weighted by Crippen LogP contribution is 2.23. The van der Waals surface area contributed by atoms with Crippen LogP contribution in [-0.2, 0) is 9.53 Å². The zero-order valence-corrected chi connectivity index (χ0v) is 13.2. The van der Waals surface area contributed by atoms with Crippen LogP contribution >= 0.6 is 0 Å². The average Bonchev–Trinajstić information content (AvgIpc) is 2.94. The first-order valence-electron chi connectivity index (χ1n) is 7.44. The van der Waals surface area contributed by atoms with Crippen LogP contribution in [0.1, 0.15) is 20.8 Å². The molecule has 0 aliphatic carbocycles.